The number of nitrogens with zero attached hydrogens (tertiary/aromatic N) is 1. The van der Waals surface area contributed by atoms with Crippen LogP contribution in [0.15, 0.2) is 47.5 Å². The Labute approximate surface area is 144 Å². The van der Waals surface area contributed by atoms with E-state index in [1.54, 1.807) is 24.4 Å². The van der Waals surface area contributed by atoms with Gasteiger partial charge in [0.25, 0.3) is 0 Å². The molecule has 1 N–H and O–H groups in total. The summed E-state index contributed by atoms with van der Waals surface area (Å²) in [4.78, 5) is 17.3. The molecule has 0 aliphatic heterocycles. The lowest BCUT2D eigenvalue weighted by molar-refractivity contribution is -0.120. The molecule has 2 aromatic rings. The molecular weight excluding hydrogens is 339 g/mol. The third-order valence-electron chi connectivity index (χ3n) is 3.06. The van der Waals surface area contributed by atoms with E-state index in [9.17, 15) is 4.79 Å². The maximum absolute atomic E-state index is 12.3. The minimum atomic E-state index is -0.290. The summed E-state index contributed by atoms with van der Waals surface area (Å²) in [5.41, 5.74) is 0.828. The van der Waals surface area contributed by atoms with Crippen molar-refractivity contribution in [3.05, 3.63) is 58.3 Å². The summed E-state index contributed by atoms with van der Waals surface area (Å²) < 4.78 is 0. The number of carbonyl (C=O) groups excluding carboxylic acids is 1. The fourth-order valence-electron chi connectivity index (χ4n) is 1.85. The van der Waals surface area contributed by atoms with Crippen molar-refractivity contribution in [1.82, 2.24) is 10.3 Å². The van der Waals surface area contributed by atoms with Gasteiger partial charge in [-0.25, -0.2) is 0 Å². The summed E-state index contributed by atoms with van der Waals surface area (Å²) >= 11 is 13.5. The normalized spacial score (nSPS) is 13.5. The van der Waals surface area contributed by atoms with Crippen LogP contribution in [0.1, 0.15) is 25.6 Å². The van der Waals surface area contributed by atoms with Gasteiger partial charge in [0.2, 0.25) is 5.91 Å². The maximum Gasteiger partial charge on any atom is 0.233 e. The van der Waals surface area contributed by atoms with Gasteiger partial charge in [-0.1, -0.05) is 29.3 Å². The number of pyridine rings is 1. The van der Waals surface area contributed by atoms with Crippen LogP contribution in [0.2, 0.25) is 10.0 Å². The summed E-state index contributed by atoms with van der Waals surface area (Å²) in [6.45, 7) is 3.74. The number of carbonyl (C=O) groups is 1. The zero-order valence-electron chi connectivity index (χ0n) is 12.2. The second kappa shape index (κ2) is 7.86. The molecular formula is C16H16Cl2N2OS. The molecule has 116 valence electrons. The largest absolute Gasteiger partial charge is 0.347 e. The number of hydrogen-bond acceptors (Lipinski definition) is 3. The number of nitrogens with one attached hydrogen (secondary N) is 1. The van der Waals surface area contributed by atoms with Crippen molar-refractivity contribution in [3.63, 3.8) is 0 Å². The number of rotatable bonds is 5. The Morgan fingerprint density at radius 3 is 2.68 bits per heavy atom. The van der Waals surface area contributed by atoms with Gasteiger partial charge in [0.05, 0.1) is 22.0 Å². The van der Waals surface area contributed by atoms with Crippen molar-refractivity contribution in [2.24, 2.45) is 0 Å². The highest BCUT2D eigenvalue weighted by molar-refractivity contribution is 8.00. The fraction of sp³-hybridized carbons (Fsp3) is 0.250. The monoisotopic (exact) mass is 354 g/mol. The lowest BCUT2D eigenvalue weighted by Gasteiger charge is -2.17. The number of benzene rings is 1. The van der Waals surface area contributed by atoms with Crippen LogP contribution in [0.3, 0.4) is 0 Å². The lowest BCUT2D eigenvalue weighted by Crippen LogP contribution is -2.33. The number of amides is 1. The van der Waals surface area contributed by atoms with E-state index in [0.717, 1.165) is 10.6 Å². The minimum absolute atomic E-state index is 0.0702. The van der Waals surface area contributed by atoms with Gasteiger partial charge >= 0.3 is 0 Å². The Kier molecular flexibility index (Phi) is 6.12. The number of aromatic nitrogens is 1. The number of hydrogen-bond donors (Lipinski definition) is 1. The van der Waals surface area contributed by atoms with Gasteiger partial charge in [0.15, 0.2) is 0 Å². The first-order valence-electron chi connectivity index (χ1n) is 6.80. The SMILES string of the molecule is C[C@H](Sc1cc(Cl)ccc1Cl)C(=O)N[C@H](C)c1ccccn1. The summed E-state index contributed by atoms with van der Waals surface area (Å²) in [5.74, 6) is -0.0702. The first-order chi connectivity index (χ1) is 10.5. The fourth-order valence-corrected chi connectivity index (χ4v) is 3.27. The van der Waals surface area contributed by atoms with Crippen molar-refractivity contribution < 1.29 is 4.79 Å². The second-order valence-corrected chi connectivity index (χ2v) is 7.05. The van der Waals surface area contributed by atoms with E-state index < -0.39 is 0 Å². The quantitative estimate of drug-likeness (QED) is 0.788. The van der Waals surface area contributed by atoms with E-state index in [0.29, 0.717) is 10.0 Å². The van der Waals surface area contributed by atoms with E-state index in [1.165, 1.54) is 11.8 Å². The first kappa shape index (κ1) is 17.1. The van der Waals surface area contributed by atoms with Gasteiger partial charge in [-0.15, -0.1) is 11.8 Å². The summed E-state index contributed by atoms with van der Waals surface area (Å²) in [5, 5.41) is 3.85. The first-order valence-corrected chi connectivity index (χ1v) is 8.44. The van der Waals surface area contributed by atoms with E-state index in [1.807, 2.05) is 32.0 Å². The average Bonchev–Trinajstić information content (AvgIpc) is 2.51. The predicted molar refractivity (Wildman–Crippen MR) is 92.6 cm³/mol. The molecule has 1 aromatic carbocycles. The summed E-state index contributed by atoms with van der Waals surface area (Å²) in [6, 6.07) is 10.7. The topological polar surface area (TPSA) is 42.0 Å². The van der Waals surface area contributed by atoms with Crippen molar-refractivity contribution >= 4 is 40.9 Å². The maximum atomic E-state index is 12.3. The Bertz CT molecular complexity index is 652. The van der Waals surface area contributed by atoms with Crippen LogP contribution < -0.4 is 5.32 Å². The Morgan fingerprint density at radius 2 is 2.00 bits per heavy atom. The lowest BCUT2D eigenvalue weighted by atomic mass is 10.2. The molecule has 0 spiro atoms. The van der Waals surface area contributed by atoms with E-state index in [2.05, 4.69) is 10.3 Å². The van der Waals surface area contributed by atoms with Crippen LogP contribution in [-0.4, -0.2) is 16.1 Å². The van der Waals surface area contributed by atoms with Gasteiger partial charge < -0.3 is 5.32 Å². The third-order valence-corrected chi connectivity index (χ3v) is 4.89. The van der Waals surface area contributed by atoms with Gasteiger partial charge in [-0.3, -0.25) is 9.78 Å². The molecule has 1 heterocycles. The molecule has 0 fully saturated rings. The van der Waals surface area contributed by atoms with E-state index >= 15 is 0 Å². The molecule has 22 heavy (non-hydrogen) atoms. The molecule has 3 nitrogen and oxygen atoms in total. The summed E-state index contributed by atoms with van der Waals surface area (Å²) in [7, 11) is 0. The van der Waals surface area contributed by atoms with Crippen molar-refractivity contribution in [2.75, 3.05) is 0 Å². The van der Waals surface area contributed by atoms with Crippen LogP contribution in [0.4, 0.5) is 0 Å². The highest BCUT2D eigenvalue weighted by Gasteiger charge is 2.19. The van der Waals surface area contributed by atoms with Crippen molar-refractivity contribution in [2.45, 2.75) is 30.0 Å². The number of halogens is 2. The molecule has 0 aliphatic rings. The summed E-state index contributed by atoms with van der Waals surface area (Å²) in [6.07, 6.45) is 1.71. The average molecular weight is 355 g/mol. The molecule has 6 heteroatoms. The van der Waals surface area contributed by atoms with E-state index in [-0.39, 0.29) is 17.2 Å². The highest BCUT2D eigenvalue weighted by Crippen LogP contribution is 2.32. The molecule has 1 aromatic heterocycles. The van der Waals surface area contributed by atoms with Gasteiger partial charge in [-0.05, 0) is 44.2 Å². The number of thioether (sulfide) groups is 1. The molecule has 0 aliphatic carbocycles. The van der Waals surface area contributed by atoms with Gasteiger partial charge in [0.1, 0.15) is 0 Å². The van der Waals surface area contributed by atoms with Crippen LogP contribution in [0.25, 0.3) is 0 Å². The smallest absolute Gasteiger partial charge is 0.233 e. The molecule has 0 radical (unpaired) electrons. The molecule has 0 saturated carbocycles. The Morgan fingerprint density at radius 1 is 1.23 bits per heavy atom. The molecule has 0 unspecified atom stereocenters. The molecule has 0 bridgehead atoms. The molecule has 2 atom stereocenters. The molecule has 2 rings (SSSR count). The van der Waals surface area contributed by atoms with Crippen molar-refractivity contribution in [1.29, 1.82) is 0 Å². The van der Waals surface area contributed by atoms with Crippen LogP contribution in [0, 0.1) is 0 Å². The highest BCUT2D eigenvalue weighted by atomic mass is 35.5. The molecule has 1 amide bonds. The van der Waals surface area contributed by atoms with Crippen LogP contribution in [0.5, 0.6) is 0 Å². The zero-order chi connectivity index (χ0) is 16.1. The second-order valence-electron chi connectivity index (χ2n) is 4.82. The van der Waals surface area contributed by atoms with E-state index in [4.69, 9.17) is 23.2 Å². The van der Waals surface area contributed by atoms with Gasteiger partial charge in [-0.2, -0.15) is 0 Å². The van der Waals surface area contributed by atoms with Crippen molar-refractivity contribution in [3.8, 4) is 0 Å². The zero-order valence-corrected chi connectivity index (χ0v) is 14.5. The van der Waals surface area contributed by atoms with Gasteiger partial charge in [0, 0.05) is 16.1 Å². The van der Waals surface area contributed by atoms with Crippen LogP contribution in [-0.2, 0) is 4.79 Å². The standard InChI is InChI=1S/C16H16Cl2N2OS/c1-10(14-5-3-4-8-19-14)20-16(21)11(2)22-15-9-12(17)6-7-13(15)18/h3-11H,1-2H3,(H,20,21)/t10-,11+/m1/s1. The Balaban J connectivity index is 1.99. The van der Waals surface area contributed by atoms with Crippen LogP contribution >= 0.6 is 35.0 Å². The predicted octanol–water partition coefficient (Wildman–Crippen LogP) is 4.75. The Hall–Kier alpha value is -1.23. The minimum Gasteiger partial charge on any atom is -0.347 e. The molecule has 0 saturated heterocycles. The third kappa shape index (κ3) is 4.63.